The fourth-order valence-electron chi connectivity index (χ4n) is 1.66. The quantitative estimate of drug-likeness (QED) is 0.431. The number of hydrogen-bond acceptors (Lipinski definition) is 6. The van der Waals surface area contributed by atoms with Crippen LogP contribution < -0.4 is 20.6 Å². The van der Waals surface area contributed by atoms with Crippen molar-refractivity contribution in [2.75, 3.05) is 12.5 Å². The lowest BCUT2D eigenvalue weighted by atomic mass is 10.3. The molecule has 0 spiro atoms. The highest BCUT2D eigenvalue weighted by molar-refractivity contribution is 6.45. The van der Waals surface area contributed by atoms with Crippen molar-refractivity contribution in [2.24, 2.45) is 10.8 Å². The smallest absolute Gasteiger partial charge is 0.201 e. The molecule has 0 bridgehead atoms. The Morgan fingerprint density at radius 2 is 1.87 bits per heavy atom. The first kappa shape index (κ1) is 15.9. The predicted octanol–water partition coefficient (Wildman–Crippen LogP) is 2.71. The second-order valence-electron chi connectivity index (χ2n) is 4.40. The highest BCUT2D eigenvalue weighted by Crippen LogP contribution is 2.26. The summed E-state index contributed by atoms with van der Waals surface area (Å²) in [6, 6.07) is 16.0. The van der Waals surface area contributed by atoms with E-state index in [0.717, 1.165) is 0 Å². The van der Waals surface area contributed by atoms with Crippen LogP contribution in [0.2, 0.25) is 0 Å². The molecule has 0 unspecified atom stereocenters. The van der Waals surface area contributed by atoms with E-state index in [0.29, 0.717) is 22.9 Å². The van der Waals surface area contributed by atoms with Crippen LogP contribution in [0.4, 0.5) is 5.69 Å². The van der Waals surface area contributed by atoms with Crippen molar-refractivity contribution in [3.8, 4) is 23.3 Å². The lowest BCUT2D eigenvalue weighted by Gasteiger charge is -2.08. The van der Waals surface area contributed by atoms with Crippen molar-refractivity contribution in [2.45, 2.75) is 0 Å². The van der Waals surface area contributed by atoms with Gasteiger partial charge in [-0.1, -0.05) is 6.07 Å². The zero-order valence-electron chi connectivity index (χ0n) is 12.4. The summed E-state index contributed by atoms with van der Waals surface area (Å²) >= 11 is 0. The number of nitriles is 1. The maximum Gasteiger partial charge on any atom is 0.201 e. The third kappa shape index (κ3) is 4.47. The summed E-state index contributed by atoms with van der Waals surface area (Å²) < 4.78 is 10.8. The molecule has 2 aromatic carbocycles. The Kier molecular flexibility index (Phi) is 5.15. The summed E-state index contributed by atoms with van der Waals surface area (Å²) in [6.07, 6.45) is 0. The van der Waals surface area contributed by atoms with Gasteiger partial charge in [0.25, 0.3) is 0 Å². The van der Waals surface area contributed by atoms with E-state index in [9.17, 15) is 0 Å². The average Bonchev–Trinajstić information content (AvgIpc) is 2.57. The molecule has 0 aliphatic rings. The first-order valence-corrected chi connectivity index (χ1v) is 6.62. The van der Waals surface area contributed by atoms with E-state index in [1.54, 1.807) is 43.5 Å². The average molecular weight is 309 g/mol. The van der Waals surface area contributed by atoms with Gasteiger partial charge in [0.15, 0.2) is 5.84 Å². The van der Waals surface area contributed by atoms with E-state index in [4.69, 9.17) is 25.9 Å². The number of nitrogens with zero attached hydrogens (tertiary/aromatic N) is 2. The summed E-state index contributed by atoms with van der Waals surface area (Å²) in [5.74, 6) is 1.62. The van der Waals surface area contributed by atoms with Gasteiger partial charge in [-0.05, 0) is 36.4 Å². The zero-order chi connectivity index (χ0) is 16.7. The van der Waals surface area contributed by atoms with Crippen LogP contribution in [-0.4, -0.2) is 18.7 Å². The van der Waals surface area contributed by atoms with Gasteiger partial charge in [0.05, 0.1) is 12.8 Å². The first-order chi connectivity index (χ1) is 11.1. The fourth-order valence-corrected chi connectivity index (χ4v) is 1.66. The van der Waals surface area contributed by atoms with Crippen LogP contribution in [0.5, 0.6) is 17.2 Å². The van der Waals surface area contributed by atoms with Crippen LogP contribution in [0.3, 0.4) is 0 Å². The molecule has 0 heterocycles. The van der Waals surface area contributed by atoms with Gasteiger partial charge in [0.1, 0.15) is 23.3 Å². The van der Waals surface area contributed by atoms with Gasteiger partial charge in [-0.2, -0.15) is 10.4 Å². The first-order valence-electron chi connectivity index (χ1n) is 6.62. The standard InChI is InChI=1S/C16H15N5O2/c1-22-13-3-2-4-14(9-13)23-12-7-5-11(6-8-12)20-21-15(10-17)16(18)19/h2-9,20H,1H3,(H3,18,19)/b21-15+. The second kappa shape index (κ2) is 7.47. The molecule has 0 saturated carbocycles. The molecule has 0 saturated heterocycles. The number of rotatable bonds is 6. The van der Waals surface area contributed by atoms with Gasteiger partial charge in [0.2, 0.25) is 5.71 Å². The Balaban J connectivity index is 2.05. The van der Waals surface area contributed by atoms with Gasteiger partial charge in [-0.3, -0.25) is 10.8 Å². The second-order valence-corrected chi connectivity index (χ2v) is 4.40. The van der Waals surface area contributed by atoms with Gasteiger partial charge >= 0.3 is 0 Å². The summed E-state index contributed by atoms with van der Waals surface area (Å²) in [7, 11) is 1.59. The number of hydrazone groups is 1. The molecule has 0 aliphatic heterocycles. The highest BCUT2D eigenvalue weighted by Gasteiger charge is 2.02. The molecule has 0 aliphatic carbocycles. The largest absolute Gasteiger partial charge is 0.497 e. The van der Waals surface area contributed by atoms with Crippen molar-refractivity contribution in [1.29, 1.82) is 10.7 Å². The number of anilines is 1. The summed E-state index contributed by atoms with van der Waals surface area (Å²) in [5, 5.41) is 19.7. The molecule has 4 N–H and O–H groups in total. The lowest BCUT2D eigenvalue weighted by molar-refractivity contribution is 0.409. The predicted molar refractivity (Wildman–Crippen MR) is 88.1 cm³/mol. The Hall–Kier alpha value is -3.53. The van der Waals surface area contributed by atoms with Crippen LogP contribution in [-0.2, 0) is 0 Å². The van der Waals surface area contributed by atoms with Gasteiger partial charge in [-0.25, -0.2) is 0 Å². The van der Waals surface area contributed by atoms with Crippen LogP contribution in [0.15, 0.2) is 53.6 Å². The Morgan fingerprint density at radius 3 is 2.48 bits per heavy atom. The number of methoxy groups -OCH3 is 1. The number of nitrogens with one attached hydrogen (secondary N) is 2. The molecule has 0 radical (unpaired) electrons. The van der Waals surface area contributed by atoms with Gasteiger partial charge < -0.3 is 15.2 Å². The molecule has 2 aromatic rings. The zero-order valence-corrected chi connectivity index (χ0v) is 12.4. The van der Waals surface area contributed by atoms with E-state index >= 15 is 0 Å². The van der Waals surface area contributed by atoms with Gasteiger partial charge in [0, 0.05) is 6.07 Å². The summed E-state index contributed by atoms with van der Waals surface area (Å²) in [5.41, 5.74) is 8.32. The normalized spacial score (nSPS) is 10.5. The molecule has 116 valence electrons. The number of nitrogens with two attached hydrogens (primary N) is 1. The Bertz CT molecular complexity index is 763. The van der Waals surface area contributed by atoms with Gasteiger partial charge in [-0.15, -0.1) is 0 Å². The molecular weight excluding hydrogens is 294 g/mol. The molecular formula is C16H15N5O2. The number of ether oxygens (including phenoxy) is 2. The topological polar surface area (TPSA) is 117 Å². The molecule has 0 aromatic heterocycles. The molecule has 0 amide bonds. The fraction of sp³-hybridized carbons (Fsp3) is 0.0625. The SMILES string of the molecule is COc1cccc(Oc2ccc(N/N=C(\C#N)C(=N)N)cc2)c1. The van der Waals surface area contributed by atoms with Crippen LogP contribution >= 0.6 is 0 Å². The van der Waals surface area contributed by atoms with Crippen LogP contribution in [0.25, 0.3) is 0 Å². The molecule has 7 heteroatoms. The Morgan fingerprint density at radius 1 is 1.17 bits per heavy atom. The molecule has 7 nitrogen and oxygen atoms in total. The molecule has 2 rings (SSSR count). The number of benzene rings is 2. The molecule has 0 atom stereocenters. The maximum absolute atomic E-state index is 8.75. The maximum atomic E-state index is 8.75. The van der Waals surface area contributed by atoms with Crippen LogP contribution in [0.1, 0.15) is 0 Å². The molecule has 23 heavy (non-hydrogen) atoms. The van der Waals surface area contributed by atoms with Crippen molar-refractivity contribution < 1.29 is 9.47 Å². The number of hydrogen-bond donors (Lipinski definition) is 3. The third-order valence-electron chi connectivity index (χ3n) is 2.79. The highest BCUT2D eigenvalue weighted by atomic mass is 16.5. The third-order valence-corrected chi connectivity index (χ3v) is 2.79. The van der Waals surface area contributed by atoms with E-state index < -0.39 is 5.84 Å². The molecule has 0 fully saturated rings. The minimum Gasteiger partial charge on any atom is -0.497 e. The minimum atomic E-state index is -0.391. The number of amidine groups is 1. The van der Waals surface area contributed by atoms with E-state index in [-0.39, 0.29) is 5.71 Å². The van der Waals surface area contributed by atoms with E-state index in [1.165, 1.54) is 0 Å². The monoisotopic (exact) mass is 309 g/mol. The van der Waals surface area contributed by atoms with Crippen molar-refractivity contribution in [3.05, 3.63) is 48.5 Å². The summed E-state index contributed by atoms with van der Waals surface area (Å²) in [6.45, 7) is 0. The van der Waals surface area contributed by atoms with E-state index in [2.05, 4.69) is 10.5 Å². The Labute approximate surface area is 133 Å². The van der Waals surface area contributed by atoms with Crippen molar-refractivity contribution in [1.82, 2.24) is 0 Å². The van der Waals surface area contributed by atoms with E-state index in [1.807, 2.05) is 18.2 Å². The summed E-state index contributed by atoms with van der Waals surface area (Å²) in [4.78, 5) is 0. The van der Waals surface area contributed by atoms with Crippen LogP contribution in [0, 0.1) is 16.7 Å². The lowest BCUT2D eigenvalue weighted by Crippen LogP contribution is -2.21. The van der Waals surface area contributed by atoms with Crippen molar-refractivity contribution >= 4 is 17.2 Å². The minimum absolute atomic E-state index is 0.179. The van der Waals surface area contributed by atoms with Crippen molar-refractivity contribution in [3.63, 3.8) is 0 Å².